The van der Waals surface area contributed by atoms with Gasteiger partial charge in [-0.2, -0.15) is 0 Å². The van der Waals surface area contributed by atoms with Crippen LogP contribution in [0.1, 0.15) is 0 Å². The molecule has 0 spiro atoms. The fraction of sp³-hybridized carbons (Fsp3) is 0.667. The van der Waals surface area contributed by atoms with Crippen LogP contribution in [0.2, 0.25) is 0 Å². The van der Waals surface area contributed by atoms with Crippen molar-refractivity contribution in [3.8, 4) is 0 Å². The van der Waals surface area contributed by atoms with Crippen molar-refractivity contribution in [3.63, 3.8) is 0 Å². The SMILES string of the molecule is COCn1nnnc1B(O)O. The smallest absolute Gasteiger partial charge is 0.421 e. The lowest BCUT2D eigenvalue weighted by atomic mass is 9.91. The number of hydrogen-bond donors (Lipinski definition) is 2. The van der Waals surface area contributed by atoms with Gasteiger partial charge in [-0.3, -0.25) is 0 Å². The first-order valence-electron chi connectivity index (χ1n) is 2.87. The lowest BCUT2D eigenvalue weighted by Gasteiger charge is -1.99. The van der Waals surface area contributed by atoms with Crippen molar-refractivity contribution < 1.29 is 14.8 Å². The molecule has 8 heteroatoms. The summed E-state index contributed by atoms with van der Waals surface area (Å²) >= 11 is 0. The van der Waals surface area contributed by atoms with Crippen molar-refractivity contribution in [1.29, 1.82) is 0 Å². The van der Waals surface area contributed by atoms with Gasteiger partial charge in [-0.25, -0.2) is 4.68 Å². The first-order chi connectivity index (χ1) is 5.25. The van der Waals surface area contributed by atoms with E-state index in [9.17, 15) is 0 Å². The number of ether oxygens (including phenoxy) is 1. The second-order valence-corrected chi connectivity index (χ2v) is 1.83. The number of tetrazole rings is 1. The molecule has 1 heterocycles. The molecule has 0 aliphatic heterocycles. The Balaban J connectivity index is 2.78. The molecule has 60 valence electrons. The normalized spacial score (nSPS) is 10.1. The van der Waals surface area contributed by atoms with Crippen LogP contribution in [0.3, 0.4) is 0 Å². The summed E-state index contributed by atoms with van der Waals surface area (Å²) in [6.07, 6.45) is 0. The number of hydrogen-bond acceptors (Lipinski definition) is 6. The summed E-state index contributed by atoms with van der Waals surface area (Å²) in [5, 5.41) is 27.3. The largest absolute Gasteiger partial charge is 0.530 e. The van der Waals surface area contributed by atoms with Crippen LogP contribution in [-0.2, 0) is 11.5 Å². The van der Waals surface area contributed by atoms with Crippen molar-refractivity contribution in [3.05, 3.63) is 0 Å². The van der Waals surface area contributed by atoms with Crippen molar-refractivity contribution >= 4 is 12.8 Å². The van der Waals surface area contributed by atoms with Crippen molar-refractivity contribution in [1.82, 2.24) is 20.2 Å². The van der Waals surface area contributed by atoms with Crippen molar-refractivity contribution in [2.75, 3.05) is 7.11 Å². The predicted molar refractivity (Wildman–Crippen MR) is 34.7 cm³/mol. The number of aromatic nitrogens is 4. The molecule has 7 nitrogen and oxygen atoms in total. The van der Waals surface area contributed by atoms with Crippen molar-refractivity contribution in [2.45, 2.75) is 6.73 Å². The molecule has 0 aliphatic carbocycles. The molecule has 0 radical (unpaired) electrons. The van der Waals surface area contributed by atoms with E-state index in [1.165, 1.54) is 7.11 Å². The minimum atomic E-state index is -1.67. The third-order valence-corrected chi connectivity index (χ3v) is 1.04. The van der Waals surface area contributed by atoms with Gasteiger partial charge in [0.2, 0.25) is 0 Å². The predicted octanol–water partition coefficient (Wildman–Crippen LogP) is -3.04. The zero-order valence-corrected chi connectivity index (χ0v) is 5.88. The molecule has 0 amide bonds. The van der Waals surface area contributed by atoms with E-state index in [0.717, 1.165) is 4.68 Å². The van der Waals surface area contributed by atoms with Crippen LogP contribution in [0.5, 0.6) is 0 Å². The minimum Gasteiger partial charge on any atom is -0.421 e. The Morgan fingerprint density at radius 3 is 2.91 bits per heavy atom. The Morgan fingerprint density at radius 1 is 1.64 bits per heavy atom. The lowest BCUT2D eigenvalue weighted by Crippen LogP contribution is -2.39. The first-order valence-corrected chi connectivity index (χ1v) is 2.87. The average molecular weight is 158 g/mol. The maximum Gasteiger partial charge on any atom is 0.530 e. The monoisotopic (exact) mass is 158 g/mol. The van der Waals surface area contributed by atoms with Crippen LogP contribution < -0.4 is 5.72 Å². The first kappa shape index (κ1) is 8.11. The number of rotatable bonds is 3. The summed E-state index contributed by atoms with van der Waals surface area (Å²) in [6, 6.07) is 0. The molecule has 11 heavy (non-hydrogen) atoms. The van der Waals surface area contributed by atoms with Gasteiger partial charge >= 0.3 is 7.12 Å². The molecule has 0 aliphatic rings. The summed E-state index contributed by atoms with van der Waals surface area (Å²) in [4.78, 5) is 0. The molecule has 0 bridgehead atoms. The van der Waals surface area contributed by atoms with E-state index in [4.69, 9.17) is 10.0 Å². The Morgan fingerprint density at radius 2 is 2.36 bits per heavy atom. The lowest BCUT2D eigenvalue weighted by molar-refractivity contribution is 0.120. The molecule has 0 saturated heterocycles. The van der Waals surface area contributed by atoms with Crippen molar-refractivity contribution in [2.24, 2.45) is 0 Å². The maximum atomic E-state index is 8.66. The Kier molecular flexibility index (Phi) is 2.52. The molecule has 1 aromatic heterocycles. The highest BCUT2D eigenvalue weighted by molar-refractivity contribution is 6.56. The van der Waals surface area contributed by atoms with Gasteiger partial charge in [0.25, 0.3) is 0 Å². The van der Waals surface area contributed by atoms with Gasteiger partial charge in [0.1, 0.15) is 6.73 Å². The molecule has 0 atom stereocenters. The topological polar surface area (TPSA) is 93.3 Å². The summed E-state index contributed by atoms with van der Waals surface area (Å²) in [7, 11) is -0.213. The van der Waals surface area contributed by atoms with Crippen LogP contribution in [-0.4, -0.2) is 44.5 Å². The highest BCUT2D eigenvalue weighted by Gasteiger charge is 2.19. The molecule has 0 saturated carbocycles. The van der Waals surface area contributed by atoms with Gasteiger partial charge < -0.3 is 14.8 Å². The summed E-state index contributed by atoms with van der Waals surface area (Å²) in [5.74, 6) is 0. The van der Waals surface area contributed by atoms with E-state index < -0.39 is 7.12 Å². The van der Waals surface area contributed by atoms with E-state index in [2.05, 4.69) is 20.3 Å². The molecule has 1 aromatic rings. The summed E-state index contributed by atoms with van der Waals surface area (Å²) in [6.45, 7) is 0.0972. The molecular weight excluding hydrogens is 151 g/mol. The second kappa shape index (κ2) is 3.42. The zero-order valence-electron chi connectivity index (χ0n) is 5.88. The minimum absolute atomic E-state index is 0.0353. The average Bonchev–Trinajstić information content (AvgIpc) is 2.36. The standard InChI is InChI=1S/C3H7BN4O3/c1-11-2-8-3(4(9)10)5-6-7-8/h9-10H,2H2,1H3. The highest BCUT2D eigenvalue weighted by Crippen LogP contribution is 1.77. The van der Waals surface area contributed by atoms with E-state index in [0.29, 0.717) is 0 Å². The van der Waals surface area contributed by atoms with Gasteiger partial charge in [-0.1, -0.05) is 0 Å². The molecule has 1 rings (SSSR count). The Bertz CT molecular complexity index is 226. The maximum absolute atomic E-state index is 8.66. The van der Waals surface area contributed by atoms with Crippen LogP contribution in [0, 0.1) is 0 Å². The third kappa shape index (κ3) is 1.73. The molecule has 0 aromatic carbocycles. The summed E-state index contributed by atoms with van der Waals surface area (Å²) in [5.41, 5.74) is -0.0353. The van der Waals surface area contributed by atoms with E-state index in [1.54, 1.807) is 0 Å². The Labute approximate surface area is 62.7 Å². The van der Waals surface area contributed by atoms with Gasteiger partial charge in [0, 0.05) is 7.11 Å². The molecule has 0 fully saturated rings. The highest BCUT2D eigenvalue weighted by atomic mass is 16.5. The Hall–Kier alpha value is -0.985. The van der Waals surface area contributed by atoms with E-state index in [-0.39, 0.29) is 12.5 Å². The zero-order chi connectivity index (χ0) is 8.27. The van der Waals surface area contributed by atoms with Crippen LogP contribution >= 0.6 is 0 Å². The van der Waals surface area contributed by atoms with Crippen LogP contribution in [0.15, 0.2) is 0 Å². The molecule has 0 unspecified atom stereocenters. The van der Waals surface area contributed by atoms with Crippen LogP contribution in [0.25, 0.3) is 0 Å². The third-order valence-electron chi connectivity index (χ3n) is 1.04. The molecule has 2 N–H and O–H groups in total. The fourth-order valence-electron chi connectivity index (χ4n) is 0.611. The van der Waals surface area contributed by atoms with Crippen LogP contribution in [0.4, 0.5) is 0 Å². The van der Waals surface area contributed by atoms with E-state index in [1.807, 2.05) is 0 Å². The van der Waals surface area contributed by atoms with Gasteiger partial charge in [-0.05, 0) is 10.4 Å². The van der Waals surface area contributed by atoms with Gasteiger partial charge in [-0.15, -0.1) is 5.10 Å². The number of methoxy groups -OCH3 is 1. The summed E-state index contributed by atoms with van der Waals surface area (Å²) < 4.78 is 5.82. The molecular formula is C3H7BN4O3. The fourth-order valence-corrected chi connectivity index (χ4v) is 0.611. The quantitative estimate of drug-likeness (QED) is 0.454. The van der Waals surface area contributed by atoms with E-state index >= 15 is 0 Å². The number of nitrogens with zero attached hydrogens (tertiary/aromatic N) is 4. The second-order valence-electron chi connectivity index (χ2n) is 1.83. The van der Waals surface area contributed by atoms with Gasteiger partial charge in [0.15, 0.2) is 5.72 Å². The van der Waals surface area contributed by atoms with Gasteiger partial charge in [0.05, 0.1) is 0 Å².